The average Bonchev–Trinajstić information content (AvgIpc) is 3.19. The van der Waals surface area contributed by atoms with Crippen LogP contribution in [0.1, 0.15) is 11.6 Å². The van der Waals surface area contributed by atoms with Crippen LogP contribution in [-0.4, -0.2) is 53.1 Å². The number of aliphatic hydroxyl groups is 1. The van der Waals surface area contributed by atoms with Crippen molar-refractivity contribution in [2.24, 2.45) is 0 Å². The van der Waals surface area contributed by atoms with E-state index in [0.29, 0.717) is 22.4 Å². The predicted octanol–water partition coefficient (Wildman–Crippen LogP) is 5.21. The molecule has 1 atom stereocenters. The summed E-state index contributed by atoms with van der Waals surface area (Å²) in [5, 5.41) is 17.1. The monoisotopic (exact) mass is 507 g/mol. The molecule has 0 aliphatic carbocycles. The van der Waals surface area contributed by atoms with Gasteiger partial charge in [0.1, 0.15) is 21.3 Å². The molecule has 4 rings (SSSR count). The highest BCUT2D eigenvalue weighted by atomic mass is 35.5. The second-order valence-electron chi connectivity index (χ2n) is 8.18. The van der Waals surface area contributed by atoms with Gasteiger partial charge in [-0.2, -0.15) is 0 Å². The summed E-state index contributed by atoms with van der Waals surface area (Å²) in [7, 11) is 3.88. The van der Waals surface area contributed by atoms with Crippen molar-refractivity contribution in [2.45, 2.75) is 6.04 Å². The zero-order valence-corrected chi connectivity index (χ0v) is 21.0. The van der Waals surface area contributed by atoms with Crippen molar-refractivity contribution in [3.05, 3.63) is 83.0 Å². The van der Waals surface area contributed by atoms with Crippen LogP contribution < -0.4 is 10.6 Å². The average molecular weight is 508 g/mol. The topological polar surface area (TPSA) is 90.4 Å². The molecule has 0 bridgehead atoms. The normalized spacial score (nSPS) is 12.4. The molecule has 180 valence electrons. The summed E-state index contributed by atoms with van der Waals surface area (Å²) in [6.45, 7) is 0.573. The molecule has 0 fully saturated rings. The van der Waals surface area contributed by atoms with Gasteiger partial charge in [-0.25, -0.2) is 9.97 Å². The van der Waals surface area contributed by atoms with Gasteiger partial charge in [0.25, 0.3) is 0 Å². The number of anilines is 2. The van der Waals surface area contributed by atoms with Crippen LogP contribution in [0, 0.1) is 0 Å². The van der Waals surface area contributed by atoms with Crippen molar-refractivity contribution in [3.63, 3.8) is 0 Å². The lowest BCUT2D eigenvalue weighted by atomic mass is 10.0. The van der Waals surface area contributed by atoms with E-state index in [4.69, 9.17) is 11.6 Å². The molecule has 1 amide bonds. The molecular weight excluding hydrogens is 482 g/mol. The maximum atomic E-state index is 12.3. The third-order valence-corrected chi connectivity index (χ3v) is 6.61. The molecule has 0 aliphatic rings. The number of fused-ring (bicyclic) bond motifs is 1. The van der Waals surface area contributed by atoms with E-state index in [1.165, 1.54) is 23.7 Å². The largest absolute Gasteiger partial charge is 0.394 e. The lowest BCUT2D eigenvalue weighted by Gasteiger charge is -2.18. The number of carbonyl (C=O) groups excluding carboxylic acids is 1. The Hall–Kier alpha value is -3.30. The number of hydrogen-bond donors (Lipinski definition) is 3. The van der Waals surface area contributed by atoms with Crippen molar-refractivity contribution in [1.82, 2.24) is 14.9 Å². The molecule has 0 unspecified atom stereocenters. The Bertz CT molecular complexity index is 1340. The summed E-state index contributed by atoms with van der Waals surface area (Å²) in [5.41, 5.74) is 3.20. The Morgan fingerprint density at radius 2 is 1.97 bits per heavy atom. The number of aromatic nitrogens is 2. The van der Waals surface area contributed by atoms with Crippen LogP contribution in [0.15, 0.2) is 73.1 Å². The molecule has 0 saturated carbocycles. The van der Waals surface area contributed by atoms with Gasteiger partial charge in [0.15, 0.2) is 0 Å². The Morgan fingerprint density at radius 1 is 1.17 bits per heavy atom. The number of rotatable bonds is 9. The number of carbonyl (C=O) groups is 1. The van der Waals surface area contributed by atoms with E-state index in [9.17, 15) is 9.90 Å². The van der Waals surface area contributed by atoms with Gasteiger partial charge in [-0.3, -0.25) is 4.79 Å². The van der Waals surface area contributed by atoms with Crippen LogP contribution in [-0.2, 0) is 4.79 Å². The standard InChI is InChI=1S/C26H26ClN5O2S/c1-32(2)13-7-12-21(34)30-19-11-6-10-18(14-19)22-23-25(28-16-29-26(23)35-24(22)27)31-20(15-33)17-8-4-3-5-9-17/h3-12,14,16,20,33H,13,15H2,1-2H3,(H,30,34)(H,28,29,31)/b12-7+/t20-/m1/s1. The van der Waals surface area contributed by atoms with Gasteiger partial charge in [-0.15, -0.1) is 11.3 Å². The van der Waals surface area contributed by atoms with Crippen LogP contribution in [0.4, 0.5) is 11.5 Å². The fourth-order valence-corrected chi connectivity index (χ4v) is 4.98. The number of thiophene rings is 1. The van der Waals surface area contributed by atoms with Gasteiger partial charge in [0, 0.05) is 23.9 Å². The number of hydrogen-bond acceptors (Lipinski definition) is 7. The van der Waals surface area contributed by atoms with E-state index in [2.05, 4.69) is 20.6 Å². The molecule has 2 heterocycles. The number of nitrogens with one attached hydrogen (secondary N) is 2. The van der Waals surface area contributed by atoms with Crippen LogP contribution in [0.25, 0.3) is 21.3 Å². The van der Waals surface area contributed by atoms with E-state index in [1.54, 1.807) is 0 Å². The van der Waals surface area contributed by atoms with Gasteiger partial charge >= 0.3 is 0 Å². The SMILES string of the molecule is CN(C)C/C=C/C(=O)Nc1cccc(-c2c(Cl)sc3ncnc(N[C@H](CO)c4ccccc4)c23)c1. The van der Waals surface area contributed by atoms with Crippen LogP contribution in [0.5, 0.6) is 0 Å². The Labute approximate surface area is 213 Å². The molecule has 9 heteroatoms. The maximum Gasteiger partial charge on any atom is 0.248 e. The summed E-state index contributed by atoms with van der Waals surface area (Å²) < 4.78 is 0.568. The molecule has 35 heavy (non-hydrogen) atoms. The summed E-state index contributed by atoms with van der Waals surface area (Å²) in [6.07, 6.45) is 4.81. The molecule has 3 N–H and O–H groups in total. The summed E-state index contributed by atoms with van der Waals surface area (Å²) in [6, 6.07) is 16.9. The minimum absolute atomic E-state index is 0.106. The molecule has 7 nitrogen and oxygen atoms in total. The van der Waals surface area contributed by atoms with Crippen LogP contribution >= 0.6 is 22.9 Å². The highest BCUT2D eigenvalue weighted by Gasteiger charge is 2.20. The van der Waals surface area contributed by atoms with E-state index in [1.807, 2.05) is 79.7 Å². The molecule has 2 aromatic carbocycles. The minimum atomic E-state index is -0.347. The van der Waals surface area contributed by atoms with Crippen molar-refractivity contribution in [3.8, 4) is 11.1 Å². The number of benzene rings is 2. The predicted molar refractivity (Wildman–Crippen MR) is 144 cm³/mol. The second-order valence-corrected chi connectivity index (χ2v) is 9.78. The van der Waals surface area contributed by atoms with Crippen LogP contribution in [0.2, 0.25) is 4.34 Å². The minimum Gasteiger partial charge on any atom is -0.394 e. The fraction of sp³-hybridized carbons (Fsp3) is 0.192. The van der Waals surface area contributed by atoms with E-state index in [-0.39, 0.29) is 18.6 Å². The van der Waals surface area contributed by atoms with Crippen molar-refractivity contribution < 1.29 is 9.90 Å². The number of likely N-dealkylation sites (N-methyl/N-ethyl adjacent to an activating group) is 1. The lowest BCUT2D eigenvalue weighted by Crippen LogP contribution is -2.15. The molecule has 2 aromatic heterocycles. The number of amides is 1. The van der Waals surface area contributed by atoms with Crippen molar-refractivity contribution in [2.75, 3.05) is 37.9 Å². The van der Waals surface area contributed by atoms with E-state index < -0.39 is 0 Å². The first-order valence-corrected chi connectivity index (χ1v) is 12.2. The highest BCUT2D eigenvalue weighted by molar-refractivity contribution is 7.23. The Kier molecular flexibility index (Phi) is 8.09. The maximum absolute atomic E-state index is 12.3. The van der Waals surface area contributed by atoms with Crippen LogP contribution in [0.3, 0.4) is 0 Å². The summed E-state index contributed by atoms with van der Waals surface area (Å²) >= 11 is 8.05. The van der Waals surface area contributed by atoms with Gasteiger partial charge in [-0.05, 0) is 37.4 Å². The Balaban J connectivity index is 1.67. The molecular formula is C26H26ClN5O2S. The first-order valence-electron chi connectivity index (χ1n) is 11.0. The van der Waals surface area contributed by atoms with E-state index >= 15 is 0 Å². The van der Waals surface area contributed by atoms with Gasteiger partial charge in [0.05, 0.1) is 18.0 Å². The number of aliphatic hydroxyl groups excluding tert-OH is 1. The van der Waals surface area contributed by atoms with Gasteiger partial charge < -0.3 is 20.6 Å². The third kappa shape index (κ3) is 6.04. The van der Waals surface area contributed by atoms with Crippen molar-refractivity contribution in [1.29, 1.82) is 0 Å². The Morgan fingerprint density at radius 3 is 2.71 bits per heavy atom. The molecule has 0 radical (unpaired) electrons. The number of halogens is 1. The summed E-state index contributed by atoms with van der Waals surface area (Å²) in [4.78, 5) is 23.9. The van der Waals surface area contributed by atoms with Gasteiger partial charge in [-0.1, -0.05) is 60.1 Å². The quantitative estimate of drug-likeness (QED) is 0.269. The molecule has 0 spiro atoms. The molecule has 4 aromatic rings. The molecule has 0 aliphatic heterocycles. The summed E-state index contributed by atoms with van der Waals surface area (Å²) in [5.74, 6) is 0.377. The lowest BCUT2D eigenvalue weighted by molar-refractivity contribution is -0.111. The number of nitrogens with zero attached hydrogens (tertiary/aromatic N) is 3. The smallest absolute Gasteiger partial charge is 0.248 e. The van der Waals surface area contributed by atoms with Crippen molar-refractivity contribution >= 4 is 50.6 Å². The first-order chi connectivity index (χ1) is 17.0. The fourth-order valence-electron chi connectivity index (χ4n) is 3.67. The first kappa shape index (κ1) is 24.8. The molecule has 0 saturated heterocycles. The zero-order chi connectivity index (χ0) is 24.8. The van der Waals surface area contributed by atoms with E-state index in [0.717, 1.165) is 26.9 Å². The zero-order valence-electron chi connectivity index (χ0n) is 19.4. The second kappa shape index (κ2) is 11.4. The highest BCUT2D eigenvalue weighted by Crippen LogP contribution is 2.44. The third-order valence-electron chi connectivity index (χ3n) is 5.30. The van der Waals surface area contributed by atoms with Gasteiger partial charge in [0.2, 0.25) is 5.91 Å².